The van der Waals surface area contributed by atoms with Crippen LogP contribution >= 0.6 is 0 Å². The van der Waals surface area contributed by atoms with Crippen LogP contribution in [-0.4, -0.2) is 40.9 Å². The normalized spacial score (nSPS) is 10.2. The molecule has 2 N–H and O–H groups in total. The van der Waals surface area contributed by atoms with Crippen molar-refractivity contribution in [3.8, 4) is 0 Å². The van der Waals surface area contributed by atoms with Gasteiger partial charge >= 0.3 is 5.97 Å². The van der Waals surface area contributed by atoms with Crippen molar-refractivity contribution in [1.29, 1.82) is 0 Å². The standard InChI is InChI=1S/C17H23FN2O4/c1-2-20(16(22)5-3-4-6-17(23)24)12-15(21)19-11-13-7-9-14(18)10-8-13/h7-10H,2-6,11-12H2,1H3,(H,19,21)(H,23,24). The first-order valence-electron chi connectivity index (χ1n) is 7.93. The molecule has 2 amide bonds. The average molecular weight is 338 g/mol. The number of hydrogen-bond donors (Lipinski definition) is 2. The minimum atomic E-state index is -0.880. The van der Waals surface area contributed by atoms with E-state index in [2.05, 4.69) is 5.32 Å². The summed E-state index contributed by atoms with van der Waals surface area (Å²) in [5, 5.41) is 11.2. The molecule has 0 unspecified atom stereocenters. The van der Waals surface area contributed by atoms with Gasteiger partial charge in [0.1, 0.15) is 5.82 Å². The van der Waals surface area contributed by atoms with Crippen LogP contribution in [0, 0.1) is 5.82 Å². The lowest BCUT2D eigenvalue weighted by Crippen LogP contribution is -2.40. The molecule has 0 bridgehead atoms. The van der Waals surface area contributed by atoms with E-state index in [1.165, 1.54) is 17.0 Å². The van der Waals surface area contributed by atoms with Crippen molar-refractivity contribution in [3.05, 3.63) is 35.6 Å². The SMILES string of the molecule is CCN(CC(=O)NCc1ccc(F)cc1)C(=O)CCCCC(=O)O. The maximum atomic E-state index is 12.8. The number of halogens is 1. The number of carboxylic acid groups (broad SMARTS) is 1. The summed E-state index contributed by atoms with van der Waals surface area (Å²) >= 11 is 0. The molecule has 0 atom stereocenters. The summed E-state index contributed by atoms with van der Waals surface area (Å²) in [7, 11) is 0. The number of carboxylic acids is 1. The Bertz CT molecular complexity index is 560. The molecule has 0 aliphatic rings. The zero-order chi connectivity index (χ0) is 17.9. The van der Waals surface area contributed by atoms with E-state index >= 15 is 0 Å². The van der Waals surface area contributed by atoms with Gasteiger partial charge in [0, 0.05) is 25.9 Å². The van der Waals surface area contributed by atoms with Gasteiger partial charge in [0.05, 0.1) is 6.54 Å². The minimum Gasteiger partial charge on any atom is -0.481 e. The van der Waals surface area contributed by atoms with Crippen molar-refractivity contribution in [3.63, 3.8) is 0 Å². The molecule has 1 rings (SSSR count). The quantitative estimate of drug-likeness (QED) is 0.638. The fraction of sp³-hybridized carbons (Fsp3) is 0.471. The largest absolute Gasteiger partial charge is 0.481 e. The molecule has 0 aromatic heterocycles. The first kappa shape index (κ1) is 19.6. The van der Waals surface area contributed by atoms with Crippen molar-refractivity contribution < 1.29 is 23.9 Å². The van der Waals surface area contributed by atoms with E-state index in [-0.39, 0.29) is 43.6 Å². The van der Waals surface area contributed by atoms with Gasteiger partial charge in [-0.3, -0.25) is 14.4 Å². The van der Waals surface area contributed by atoms with Crippen LogP contribution < -0.4 is 5.32 Å². The molecule has 0 aliphatic heterocycles. The van der Waals surface area contributed by atoms with E-state index in [1.807, 2.05) is 0 Å². The van der Waals surface area contributed by atoms with Crippen LogP contribution in [0.3, 0.4) is 0 Å². The van der Waals surface area contributed by atoms with Crippen molar-refractivity contribution in [2.24, 2.45) is 0 Å². The molecule has 24 heavy (non-hydrogen) atoms. The lowest BCUT2D eigenvalue weighted by molar-refractivity contribution is -0.138. The molecule has 1 aromatic rings. The molecule has 6 nitrogen and oxygen atoms in total. The molecule has 0 saturated carbocycles. The average Bonchev–Trinajstić information content (AvgIpc) is 2.55. The number of benzene rings is 1. The van der Waals surface area contributed by atoms with Gasteiger partial charge in [-0.1, -0.05) is 12.1 Å². The predicted octanol–water partition coefficient (Wildman–Crippen LogP) is 1.94. The fourth-order valence-corrected chi connectivity index (χ4v) is 2.12. The molecule has 0 heterocycles. The maximum Gasteiger partial charge on any atom is 0.303 e. The van der Waals surface area contributed by atoms with Crippen molar-refractivity contribution in [2.45, 2.75) is 39.2 Å². The maximum absolute atomic E-state index is 12.8. The number of rotatable bonds is 10. The number of carbonyl (C=O) groups excluding carboxylic acids is 2. The lowest BCUT2D eigenvalue weighted by atomic mass is 10.2. The number of unbranched alkanes of at least 4 members (excludes halogenated alkanes) is 1. The van der Waals surface area contributed by atoms with E-state index in [0.717, 1.165) is 5.56 Å². The highest BCUT2D eigenvalue weighted by Gasteiger charge is 2.15. The summed E-state index contributed by atoms with van der Waals surface area (Å²) in [6, 6.07) is 5.81. The van der Waals surface area contributed by atoms with E-state index < -0.39 is 5.97 Å². The second kappa shape index (κ2) is 10.4. The molecular formula is C17H23FN2O4. The number of nitrogens with zero attached hydrogens (tertiary/aromatic N) is 1. The number of carbonyl (C=O) groups is 3. The summed E-state index contributed by atoms with van der Waals surface area (Å²) in [6.07, 6.45) is 1.19. The van der Waals surface area contributed by atoms with Crippen LogP contribution in [0.5, 0.6) is 0 Å². The highest BCUT2D eigenvalue weighted by molar-refractivity contribution is 5.84. The third-order valence-corrected chi connectivity index (χ3v) is 3.50. The Morgan fingerprint density at radius 3 is 2.33 bits per heavy atom. The Hall–Kier alpha value is -2.44. The summed E-state index contributed by atoms with van der Waals surface area (Å²) in [5.74, 6) is -1.68. The van der Waals surface area contributed by atoms with Crippen LogP contribution in [0.1, 0.15) is 38.2 Å². The summed E-state index contributed by atoms with van der Waals surface area (Å²) in [5.41, 5.74) is 0.771. The molecule has 0 fully saturated rings. The first-order valence-corrected chi connectivity index (χ1v) is 7.93. The lowest BCUT2D eigenvalue weighted by Gasteiger charge is -2.20. The van der Waals surface area contributed by atoms with Crippen LogP contribution in [0.15, 0.2) is 24.3 Å². The predicted molar refractivity (Wildman–Crippen MR) is 86.6 cm³/mol. The van der Waals surface area contributed by atoms with Gasteiger partial charge in [0.25, 0.3) is 0 Å². The zero-order valence-corrected chi connectivity index (χ0v) is 13.8. The van der Waals surface area contributed by atoms with Gasteiger partial charge in [0.15, 0.2) is 0 Å². The molecule has 1 aromatic carbocycles. The molecule has 132 valence electrons. The van der Waals surface area contributed by atoms with E-state index in [1.54, 1.807) is 19.1 Å². The van der Waals surface area contributed by atoms with Gasteiger partial charge in [0.2, 0.25) is 11.8 Å². The second-order valence-corrected chi connectivity index (χ2v) is 5.41. The Balaban J connectivity index is 2.34. The Morgan fingerprint density at radius 2 is 1.75 bits per heavy atom. The van der Waals surface area contributed by atoms with E-state index in [4.69, 9.17) is 5.11 Å². The smallest absolute Gasteiger partial charge is 0.303 e. The monoisotopic (exact) mass is 338 g/mol. The summed E-state index contributed by atoms with van der Waals surface area (Å²) < 4.78 is 12.8. The molecular weight excluding hydrogens is 315 g/mol. The molecule has 0 saturated heterocycles. The molecule has 0 aliphatic carbocycles. The first-order chi connectivity index (χ1) is 11.4. The highest BCUT2D eigenvalue weighted by atomic mass is 19.1. The number of nitrogens with one attached hydrogen (secondary N) is 1. The summed E-state index contributed by atoms with van der Waals surface area (Å²) in [4.78, 5) is 35.8. The van der Waals surface area contributed by atoms with Crippen molar-refractivity contribution in [1.82, 2.24) is 10.2 Å². The van der Waals surface area contributed by atoms with Crippen molar-refractivity contribution >= 4 is 17.8 Å². The van der Waals surface area contributed by atoms with E-state index in [0.29, 0.717) is 19.4 Å². The molecule has 7 heteroatoms. The highest BCUT2D eigenvalue weighted by Crippen LogP contribution is 2.05. The Morgan fingerprint density at radius 1 is 1.12 bits per heavy atom. The van der Waals surface area contributed by atoms with Gasteiger partial charge < -0.3 is 15.3 Å². The van der Waals surface area contributed by atoms with Crippen LogP contribution in [0.4, 0.5) is 4.39 Å². The second-order valence-electron chi connectivity index (χ2n) is 5.41. The number of aliphatic carboxylic acids is 1. The van der Waals surface area contributed by atoms with Gasteiger partial charge in [-0.2, -0.15) is 0 Å². The van der Waals surface area contributed by atoms with Crippen LogP contribution in [-0.2, 0) is 20.9 Å². The summed E-state index contributed by atoms with van der Waals surface area (Å²) in [6.45, 7) is 2.41. The van der Waals surface area contributed by atoms with Crippen molar-refractivity contribution in [2.75, 3.05) is 13.1 Å². The fourth-order valence-electron chi connectivity index (χ4n) is 2.12. The topological polar surface area (TPSA) is 86.7 Å². The Labute approximate surface area is 140 Å². The van der Waals surface area contributed by atoms with E-state index in [9.17, 15) is 18.8 Å². The number of likely N-dealkylation sites (N-methyl/N-ethyl adjacent to an activating group) is 1. The van der Waals surface area contributed by atoms with Crippen LogP contribution in [0.25, 0.3) is 0 Å². The van der Waals surface area contributed by atoms with Gasteiger partial charge in [-0.25, -0.2) is 4.39 Å². The zero-order valence-electron chi connectivity index (χ0n) is 13.8. The number of amides is 2. The van der Waals surface area contributed by atoms with Gasteiger partial charge in [-0.05, 0) is 37.5 Å². The van der Waals surface area contributed by atoms with Crippen LogP contribution in [0.2, 0.25) is 0 Å². The van der Waals surface area contributed by atoms with Gasteiger partial charge in [-0.15, -0.1) is 0 Å². The molecule has 0 spiro atoms. The minimum absolute atomic E-state index is 0.0392. The third-order valence-electron chi connectivity index (χ3n) is 3.50. The molecule has 0 radical (unpaired) electrons. The third kappa shape index (κ3) is 7.71. The Kier molecular flexibility index (Phi) is 8.46. The number of hydrogen-bond acceptors (Lipinski definition) is 3.